The Kier molecular flexibility index (Phi) is 4.79. The number of hydrogen-bond donors (Lipinski definition) is 0. The van der Waals surface area contributed by atoms with Gasteiger partial charge in [0.25, 0.3) is 5.91 Å². The van der Waals surface area contributed by atoms with Gasteiger partial charge in [-0.1, -0.05) is 0 Å². The third-order valence-electron chi connectivity index (χ3n) is 3.88. The standard InChI is InChI=1S/C17H19N3O4/c1-2-23-17(22)13-5-6-15(18-12-13)19-7-9-20(10-8-19)16(21)14-4-3-11-24-14/h3-6,11-12H,2,7-10H2,1H3. The third-order valence-corrected chi connectivity index (χ3v) is 3.88. The normalized spacial score (nSPS) is 14.5. The van der Waals surface area contributed by atoms with Gasteiger partial charge in [0, 0.05) is 32.4 Å². The summed E-state index contributed by atoms with van der Waals surface area (Å²) < 4.78 is 10.1. The Labute approximate surface area is 139 Å². The Morgan fingerprint density at radius 3 is 2.58 bits per heavy atom. The SMILES string of the molecule is CCOC(=O)c1ccc(N2CCN(C(=O)c3ccco3)CC2)nc1. The van der Waals surface area contributed by atoms with Crippen LogP contribution in [-0.2, 0) is 4.74 Å². The van der Waals surface area contributed by atoms with E-state index in [-0.39, 0.29) is 11.9 Å². The van der Waals surface area contributed by atoms with Gasteiger partial charge in [0.1, 0.15) is 5.82 Å². The molecule has 1 amide bonds. The average molecular weight is 329 g/mol. The van der Waals surface area contributed by atoms with E-state index in [9.17, 15) is 9.59 Å². The van der Waals surface area contributed by atoms with Gasteiger partial charge in [-0.2, -0.15) is 0 Å². The minimum Gasteiger partial charge on any atom is -0.462 e. The predicted molar refractivity (Wildman–Crippen MR) is 87.0 cm³/mol. The number of piperazine rings is 1. The molecule has 0 aromatic carbocycles. The molecule has 1 aliphatic heterocycles. The minimum absolute atomic E-state index is 0.0923. The molecule has 2 aromatic rings. The summed E-state index contributed by atoms with van der Waals surface area (Å²) in [5.74, 6) is 0.684. The highest BCUT2D eigenvalue weighted by Gasteiger charge is 2.24. The number of pyridine rings is 1. The Morgan fingerprint density at radius 2 is 2.00 bits per heavy atom. The van der Waals surface area contributed by atoms with Crippen LogP contribution in [0, 0.1) is 0 Å². The summed E-state index contributed by atoms with van der Waals surface area (Å²) in [5, 5.41) is 0. The molecule has 0 aliphatic carbocycles. The summed E-state index contributed by atoms with van der Waals surface area (Å²) in [5.41, 5.74) is 0.437. The van der Waals surface area contributed by atoms with Crippen molar-refractivity contribution in [3.63, 3.8) is 0 Å². The first-order valence-electron chi connectivity index (χ1n) is 7.90. The zero-order valence-electron chi connectivity index (χ0n) is 13.5. The number of hydrogen-bond acceptors (Lipinski definition) is 6. The average Bonchev–Trinajstić information content (AvgIpc) is 3.16. The number of aromatic nitrogens is 1. The number of carbonyl (C=O) groups excluding carboxylic acids is 2. The zero-order chi connectivity index (χ0) is 16.9. The maximum atomic E-state index is 12.2. The molecule has 0 spiro atoms. The molecule has 3 heterocycles. The fourth-order valence-corrected chi connectivity index (χ4v) is 2.60. The van der Waals surface area contributed by atoms with Crippen molar-refractivity contribution in [2.24, 2.45) is 0 Å². The van der Waals surface area contributed by atoms with E-state index in [1.165, 1.54) is 12.5 Å². The van der Waals surface area contributed by atoms with Crippen LogP contribution in [0.2, 0.25) is 0 Å². The van der Waals surface area contributed by atoms with Crippen molar-refractivity contribution in [3.8, 4) is 0 Å². The first-order valence-corrected chi connectivity index (χ1v) is 7.90. The van der Waals surface area contributed by atoms with Crippen LogP contribution >= 0.6 is 0 Å². The van der Waals surface area contributed by atoms with Crippen molar-refractivity contribution < 1.29 is 18.7 Å². The summed E-state index contributed by atoms with van der Waals surface area (Å²) >= 11 is 0. The number of nitrogens with zero attached hydrogens (tertiary/aromatic N) is 3. The number of furan rings is 1. The highest BCUT2D eigenvalue weighted by molar-refractivity contribution is 5.91. The summed E-state index contributed by atoms with van der Waals surface area (Å²) in [6.45, 7) is 4.66. The molecule has 24 heavy (non-hydrogen) atoms. The maximum absolute atomic E-state index is 12.2. The van der Waals surface area contributed by atoms with Gasteiger partial charge in [0.05, 0.1) is 18.4 Å². The first-order chi connectivity index (χ1) is 11.7. The van der Waals surface area contributed by atoms with Gasteiger partial charge in [-0.3, -0.25) is 4.79 Å². The first kappa shape index (κ1) is 16.0. The molecule has 3 rings (SSSR count). The van der Waals surface area contributed by atoms with E-state index in [2.05, 4.69) is 9.88 Å². The van der Waals surface area contributed by atoms with E-state index >= 15 is 0 Å². The molecule has 0 unspecified atom stereocenters. The fraction of sp³-hybridized carbons (Fsp3) is 0.353. The van der Waals surface area contributed by atoms with Crippen LogP contribution < -0.4 is 4.90 Å². The van der Waals surface area contributed by atoms with Crippen LogP contribution in [0.1, 0.15) is 27.8 Å². The smallest absolute Gasteiger partial charge is 0.339 e. The van der Waals surface area contributed by atoms with E-state index in [0.717, 1.165) is 5.82 Å². The van der Waals surface area contributed by atoms with Crippen molar-refractivity contribution in [2.75, 3.05) is 37.7 Å². The van der Waals surface area contributed by atoms with Gasteiger partial charge in [-0.15, -0.1) is 0 Å². The largest absolute Gasteiger partial charge is 0.462 e. The van der Waals surface area contributed by atoms with Gasteiger partial charge in [0.15, 0.2) is 5.76 Å². The third kappa shape index (κ3) is 3.40. The lowest BCUT2D eigenvalue weighted by Crippen LogP contribution is -2.49. The second-order valence-corrected chi connectivity index (χ2v) is 5.38. The van der Waals surface area contributed by atoms with Crippen LogP contribution in [0.5, 0.6) is 0 Å². The van der Waals surface area contributed by atoms with E-state index in [1.807, 2.05) is 0 Å². The van der Waals surface area contributed by atoms with Gasteiger partial charge in [-0.05, 0) is 31.2 Å². The van der Waals surface area contributed by atoms with E-state index < -0.39 is 0 Å². The Morgan fingerprint density at radius 1 is 1.21 bits per heavy atom. The van der Waals surface area contributed by atoms with Crippen molar-refractivity contribution in [2.45, 2.75) is 6.92 Å². The van der Waals surface area contributed by atoms with Crippen molar-refractivity contribution in [1.29, 1.82) is 0 Å². The summed E-state index contributed by atoms with van der Waals surface area (Å²) in [4.78, 5) is 32.0. The summed E-state index contributed by atoms with van der Waals surface area (Å²) in [7, 11) is 0. The van der Waals surface area contributed by atoms with Crippen LogP contribution in [0.15, 0.2) is 41.1 Å². The molecule has 0 saturated carbocycles. The fourth-order valence-electron chi connectivity index (χ4n) is 2.60. The zero-order valence-corrected chi connectivity index (χ0v) is 13.5. The molecule has 2 aromatic heterocycles. The van der Waals surface area contributed by atoms with E-state index in [4.69, 9.17) is 9.15 Å². The molecule has 0 atom stereocenters. The second-order valence-electron chi connectivity index (χ2n) is 5.38. The lowest BCUT2D eigenvalue weighted by atomic mass is 10.2. The molecular formula is C17H19N3O4. The predicted octanol–water partition coefficient (Wildman–Crippen LogP) is 1.81. The molecule has 0 radical (unpaired) electrons. The molecule has 1 saturated heterocycles. The van der Waals surface area contributed by atoms with Crippen LogP contribution in [0.3, 0.4) is 0 Å². The molecule has 1 fully saturated rings. The molecular weight excluding hydrogens is 310 g/mol. The maximum Gasteiger partial charge on any atom is 0.339 e. The molecule has 126 valence electrons. The van der Waals surface area contributed by atoms with Crippen LogP contribution in [0.25, 0.3) is 0 Å². The number of amides is 1. The topological polar surface area (TPSA) is 75.9 Å². The molecule has 7 heteroatoms. The highest BCUT2D eigenvalue weighted by Crippen LogP contribution is 2.16. The van der Waals surface area contributed by atoms with Gasteiger partial charge in [0.2, 0.25) is 0 Å². The number of rotatable bonds is 4. The number of ether oxygens (including phenoxy) is 1. The molecule has 0 bridgehead atoms. The Balaban J connectivity index is 1.58. The van der Waals surface area contributed by atoms with Crippen molar-refractivity contribution >= 4 is 17.7 Å². The second kappa shape index (κ2) is 7.16. The molecule has 1 aliphatic rings. The van der Waals surface area contributed by atoms with Crippen LogP contribution in [0.4, 0.5) is 5.82 Å². The van der Waals surface area contributed by atoms with E-state index in [1.54, 1.807) is 36.1 Å². The molecule has 7 nitrogen and oxygen atoms in total. The summed E-state index contributed by atoms with van der Waals surface area (Å²) in [6, 6.07) is 6.89. The van der Waals surface area contributed by atoms with Crippen LogP contribution in [-0.4, -0.2) is 54.5 Å². The van der Waals surface area contributed by atoms with Gasteiger partial charge < -0.3 is 19.0 Å². The monoisotopic (exact) mass is 329 g/mol. The quantitative estimate of drug-likeness (QED) is 0.796. The van der Waals surface area contributed by atoms with Crippen molar-refractivity contribution in [3.05, 3.63) is 48.0 Å². The Bertz CT molecular complexity index is 689. The lowest BCUT2D eigenvalue weighted by molar-refractivity contribution is 0.0525. The summed E-state index contributed by atoms with van der Waals surface area (Å²) in [6.07, 6.45) is 3.02. The van der Waals surface area contributed by atoms with E-state index in [0.29, 0.717) is 44.1 Å². The number of esters is 1. The molecule has 0 N–H and O–H groups in total. The number of carbonyl (C=O) groups is 2. The van der Waals surface area contributed by atoms with Gasteiger partial charge >= 0.3 is 5.97 Å². The highest BCUT2D eigenvalue weighted by atomic mass is 16.5. The van der Waals surface area contributed by atoms with Crippen molar-refractivity contribution in [1.82, 2.24) is 9.88 Å². The minimum atomic E-state index is -0.370. The lowest BCUT2D eigenvalue weighted by Gasteiger charge is -2.35. The number of anilines is 1. The van der Waals surface area contributed by atoms with Gasteiger partial charge in [-0.25, -0.2) is 9.78 Å². The Hall–Kier alpha value is -2.83.